The van der Waals surface area contributed by atoms with E-state index in [2.05, 4.69) is 13.8 Å². The summed E-state index contributed by atoms with van der Waals surface area (Å²) in [7, 11) is 0. The maximum atomic E-state index is 6.04. The smallest absolute Gasteiger partial charge is 0.00960 e. The maximum Gasteiger partial charge on any atom is 0.00960 e. The fourth-order valence-corrected chi connectivity index (χ4v) is 2.10. The van der Waals surface area contributed by atoms with Crippen LogP contribution in [0.3, 0.4) is 0 Å². The average molecular weight is 156 g/mol. The van der Waals surface area contributed by atoms with Crippen molar-refractivity contribution in [1.29, 1.82) is 0 Å². The summed E-state index contributed by atoms with van der Waals surface area (Å²) in [5.41, 5.74) is 11.6. The fourth-order valence-electron chi connectivity index (χ4n) is 2.10. The highest BCUT2D eigenvalue weighted by Crippen LogP contribution is 2.33. The van der Waals surface area contributed by atoms with Gasteiger partial charge in [0.2, 0.25) is 0 Å². The summed E-state index contributed by atoms with van der Waals surface area (Å²) >= 11 is 0. The Morgan fingerprint density at radius 3 is 2.45 bits per heavy atom. The van der Waals surface area contributed by atoms with E-state index in [1.165, 1.54) is 12.8 Å². The predicted molar refractivity (Wildman–Crippen MR) is 48.1 cm³/mol. The highest BCUT2D eigenvalue weighted by Gasteiger charge is 2.32. The van der Waals surface area contributed by atoms with Gasteiger partial charge in [-0.2, -0.15) is 0 Å². The zero-order valence-electron chi connectivity index (χ0n) is 7.59. The van der Waals surface area contributed by atoms with Crippen molar-refractivity contribution in [1.82, 2.24) is 0 Å². The molecule has 2 heteroatoms. The van der Waals surface area contributed by atoms with Gasteiger partial charge in [0, 0.05) is 6.04 Å². The third kappa shape index (κ3) is 1.74. The van der Waals surface area contributed by atoms with E-state index in [1.54, 1.807) is 0 Å². The minimum absolute atomic E-state index is 0.397. The molecule has 0 aromatic rings. The van der Waals surface area contributed by atoms with Crippen molar-refractivity contribution in [3.63, 3.8) is 0 Å². The fraction of sp³-hybridized carbons (Fsp3) is 1.00. The van der Waals surface area contributed by atoms with Crippen molar-refractivity contribution in [2.45, 2.75) is 32.7 Å². The van der Waals surface area contributed by atoms with Crippen LogP contribution in [0.5, 0.6) is 0 Å². The van der Waals surface area contributed by atoms with Crippen LogP contribution in [0.15, 0.2) is 0 Å². The van der Waals surface area contributed by atoms with E-state index in [-0.39, 0.29) is 0 Å². The maximum absolute atomic E-state index is 6.04. The Balaban J connectivity index is 2.47. The van der Waals surface area contributed by atoms with Crippen LogP contribution in [-0.2, 0) is 0 Å². The first-order valence-electron chi connectivity index (χ1n) is 4.62. The Morgan fingerprint density at radius 2 is 2.09 bits per heavy atom. The van der Waals surface area contributed by atoms with E-state index in [4.69, 9.17) is 11.5 Å². The second kappa shape index (κ2) is 3.55. The van der Waals surface area contributed by atoms with Crippen molar-refractivity contribution >= 4 is 0 Å². The van der Waals surface area contributed by atoms with Crippen LogP contribution in [0.1, 0.15) is 26.7 Å². The Hall–Kier alpha value is -0.0800. The topological polar surface area (TPSA) is 52.0 Å². The molecule has 0 radical (unpaired) electrons. The van der Waals surface area contributed by atoms with E-state index in [1.807, 2.05) is 0 Å². The Kier molecular flexibility index (Phi) is 2.90. The van der Waals surface area contributed by atoms with Crippen LogP contribution in [0.4, 0.5) is 0 Å². The van der Waals surface area contributed by atoms with Crippen LogP contribution in [0.25, 0.3) is 0 Å². The van der Waals surface area contributed by atoms with Crippen LogP contribution >= 0.6 is 0 Å². The summed E-state index contributed by atoms with van der Waals surface area (Å²) in [6.45, 7) is 5.24. The summed E-state index contributed by atoms with van der Waals surface area (Å²) in [6, 6.07) is 0.397. The molecule has 0 saturated heterocycles. The SMILES string of the molecule is CC1CCC(C(C)CN)C1N. The molecule has 1 fully saturated rings. The second-order valence-electron chi connectivity index (χ2n) is 4.01. The molecule has 1 aliphatic rings. The normalized spacial score (nSPS) is 40.9. The molecule has 4 unspecified atom stereocenters. The third-order valence-corrected chi connectivity index (χ3v) is 3.21. The molecular formula is C9H20N2. The zero-order valence-corrected chi connectivity index (χ0v) is 7.59. The van der Waals surface area contributed by atoms with Crippen molar-refractivity contribution in [3.8, 4) is 0 Å². The first-order valence-corrected chi connectivity index (χ1v) is 4.62. The van der Waals surface area contributed by atoms with Crippen LogP contribution in [-0.4, -0.2) is 12.6 Å². The van der Waals surface area contributed by atoms with Crippen LogP contribution < -0.4 is 11.5 Å². The van der Waals surface area contributed by atoms with E-state index in [0.717, 1.165) is 6.54 Å². The number of rotatable bonds is 2. The van der Waals surface area contributed by atoms with E-state index >= 15 is 0 Å². The molecule has 0 aromatic carbocycles. The lowest BCUT2D eigenvalue weighted by Crippen LogP contribution is -2.35. The largest absolute Gasteiger partial charge is 0.330 e. The summed E-state index contributed by atoms with van der Waals surface area (Å²) in [6.07, 6.45) is 2.57. The van der Waals surface area contributed by atoms with Crippen LogP contribution in [0.2, 0.25) is 0 Å². The number of hydrogen-bond donors (Lipinski definition) is 2. The first kappa shape index (κ1) is 9.01. The molecule has 66 valence electrons. The van der Waals surface area contributed by atoms with Gasteiger partial charge >= 0.3 is 0 Å². The predicted octanol–water partition coefficient (Wildman–Crippen LogP) is 0.955. The molecule has 0 aromatic heterocycles. The molecule has 11 heavy (non-hydrogen) atoms. The summed E-state index contributed by atoms with van der Waals surface area (Å²) < 4.78 is 0. The summed E-state index contributed by atoms with van der Waals surface area (Å²) in [4.78, 5) is 0. The highest BCUT2D eigenvalue weighted by molar-refractivity contribution is 4.88. The van der Waals surface area contributed by atoms with Crippen LogP contribution in [0, 0.1) is 17.8 Å². The molecule has 0 bridgehead atoms. The van der Waals surface area contributed by atoms with E-state index < -0.39 is 0 Å². The third-order valence-electron chi connectivity index (χ3n) is 3.21. The summed E-state index contributed by atoms with van der Waals surface area (Å²) in [5, 5.41) is 0. The van der Waals surface area contributed by atoms with Gasteiger partial charge in [0.15, 0.2) is 0 Å². The lowest BCUT2D eigenvalue weighted by Gasteiger charge is -2.23. The molecule has 1 rings (SSSR count). The number of nitrogens with two attached hydrogens (primary N) is 2. The molecule has 2 nitrogen and oxygen atoms in total. The van der Waals surface area contributed by atoms with Gasteiger partial charge in [-0.3, -0.25) is 0 Å². The molecule has 0 amide bonds. The molecule has 4 N–H and O–H groups in total. The summed E-state index contributed by atoms with van der Waals surface area (Å²) in [5.74, 6) is 1.99. The minimum atomic E-state index is 0.397. The van der Waals surface area contributed by atoms with E-state index in [9.17, 15) is 0 Å². The van der Waals surface area contributed by atoms with Crippen molar-refractivity contribution in [2.24, 2.45) is 29.2 Å². The molecule has 0 aliphatic heterocycles. The van der Waals surface area contributed by atoms with Crippen molar-refractivity contribution < 1.29 is 0 Å². The molecule has 4 atom stereocenters. The Labute approximate surface area is 69.3 Å². The van der Waals surface area contributed by atoms with E-state index in [0.29, 0.717) is 23.8 Å². The molecule has 0 heterocycles. The monoisotopic (exact) mass is 156 g/mol. The number of hydrogen-bond acceptors (Lipinski definition) is 2. The quantitative estimate of drug-likeness (QED) is 0.625. The van der Waals surface area contributed by atoms with Gasteiger partial charge in [0.25, 0.3) is 0 Å². The minimum Gasteiger partial charge on any atom is -0.330 e. The Morgan fingerprint density at radius 1 is 1.45 bits per heavy atom. The average Bonchev–Trinajstić information content (AvgIpc) is 2.32. The van der Waals surface area contributed by atoms with Gasteiger partial charge in [0.1, 0.15) is 0 Å². The second-order valence-corrected chi connectivity index (χ2v) is 4.01. The van der Waals surface area contributed by atoms with Gasteiger partial charge < -0.3 is 11.5 Å². The van der Waals surface area contributed by atoms with Crippen molar-refractivity contribution in [2.75, 3.05) is 6.54 Å². The highest BCUT2D eigenvalue weighted by atomic mass is 14.7. The standard InChI is InChI=1S/C9H20N2/c1-6-3-4-8(9(6)11)7(2)5-10/h6-9H,3-5,10-11H2,1-2H3. The van der Waals surface area contributed by atoms with Gasteiger partial charge in [-0.25, -0.2) is 0 Å². The van der Waals surface area contributed by atoms with Gasteiger partial charge in [-0.1, -0.05) is 13.8 Å². The van der Waals surface area contributed by atoms with Gasteiger partial charge in [-0.15, -0.1) is 0 Å². The van der Waals surface area contributed by atoms with Gasteiger partial charge in [0.05, 0.1) is 0 Å². The lowest BCUT2D eigenvalue weighted by molar-refractivity contribution is 0.321. The zero-order chi connectivity index (χ0) is 8.43. The molecule has 0 spiro atoms. The first-order chi connectivity index (χ1) is 5.16. The molecule has 1 saturated carbocycles. The lowest BCUT2D eigenvalue weighted by atomic mass is 9.88. The van der Waals surface area contributed by atoms with Crippen molar-refractivity contribution in [3.05, 3.63) is 0 Å². The molecule has 1 aliphatic carbocycles. The van der Waals surface area contributed by atoms with Gasteiger partial charge in [-0.05, 0) is 37.1 Å². The molecular weight excluding hydrogens is 136 g/mol. The Bertz CT molecular complexity index is 125.